The van der Waals surface area contributed by atoms with Gasteiger partial charge < -0.3 is 10.5 Å². The van der Waals surface area contributed by atoms with Gasteiger partial charge in [0, 0.05) is 17.6 Å². The topological polar surface area (TPSA) is 89.7 Å². The number of hydrogen-bond donors (Lipinski definition) is 2. The molecular weight excluding hydrogens is 230 g/mol. The molecule has 0 saturated heterocycles. The van der Waals surface area contributed by atoms with Gasteiger partial charge in [0.1, 0.15) is 11.4 Å². The summed E-state index contributed by atoms with van der Waals surface area (Å²) >= 11 is 0. The van der Waals surface area contributed by atoms with E-state index >= 15 is 0 Å². The Hall–Kier alpha value is -2.63. The van der Waals surface area contributed by atoms with Crippen molar-refractivity contribution < 1.29 is 4.74 Å². The fourth-order valence-electron chi connectivity index (χ4n) is 1.85. The lowest BCUT2D eigenvalue weighted by Gasteiger charge is -2.06. The molecule has 18 heavy (non-hydrogen) atoms. The molecule has 2 heterocycles. The number of nitrogen functional groups attached to an aromatic ring is 1. The van der Waals surface area contributed by atoms with Crippen LogP contribution in [0.4, 0.5) is 5.95 Å². The molecule has 0 radical (unpaired) electrons. The summed E-state index contributed by atoms with van der Waals surface area (Å²) in [5.41, 5.74) is 8.01. The highest BCUT2D eigenvalue weighted by Crippen LogP contribution is 2.27. The molecule has 1 aromatic carbocycles. The van der Waals surface area contributed by atoms with Crippen LogP contribution < -0.4 is 10.5 Å². The maximum atomic E-state index is 5.72. The Balaban J connectivity index is 2.31. The van der Waals surface area contributed by atoms with Crippen LogP contribution in [0.5, 0.6) is 5.75 Å². The van der Waals surface area contributed by atoms with Gasteiger partial charge in [0.15, 0.2) is 0 Å². The number of fused-ring (bicyclic) bond motifs is 1. The van der Waals surface area contributed by atoms with Crippen LogP contribution in [0.25, 0.3) is 22.3 Å². The summed E-state index contributed by atoms with van der Waals surface area (Å²) in [4.78, 5) is 8.46. The highest BCUT2D eigenvalue weighted by Gasteiger charge is 2.10. The van der Waals surface area contributed by atoms with E-state index in [9.17, 15) is 0 Å². The van der Waals surface area contributed by atoms with Crippen molar-refractivity contribution in [3.8, 4) is 17.1 Å². The molecule has 6 nitrogen and oxygen atoms in total. The first-order valence-electron chi connectivity index (χ1n) is 5.39. The standard InChI is InChI=1S/C12H11N5O/c1-18-7-2-3-8-10(6-7)15-12(13)16-11(8)9-4-5-14-17-9/h2-6H,1H3,(H,14,17)(H2,13,15,16). The maximum Gasteiger partial charge on any atom is 0.221 e. The van der Waals surface area contributed by atoms with Crippen molar-refractivity contribution in [3.63, 3.8) is 0 Å². The summed E-state index contributed by atoms with van der Waals surface area (Å²) in [6, 6.07) is 7.43. The lowest BCUT2D eigenvalue weighted by atomic mass is 10.1. The molecule has 0 aliphatic rings. The maximum absolute atomic E-state index is 5.72. The van der Waals surface area contributed by atoms with Gasteiger partial charge in [-0.2, -0.15) is 5.10 Å². The van der Waals surface area contributed by atoms with Crippen molar-refractivity contribution in [1.82, 2.24) is 20.2 Å². The molecule has 0 fully saturated rings. The van der Waals surface area contributed by atoms with Gasteiger partial charge in [-0.05, 0) is 18.2 Å². The van der Waals surface area contributed by atoms with E-state index in [1.807, 2.05) is 24.3 Å². The van der Waals surface area contributed by atoms with Crippen LogP contribution in [-0.2, 0) is 0 Å². The normalized spacial score (nSPS) is 10.7. The number of methoxy groups -OCH3 is 1. The summed E-state index contributed by atoms with van der Waals surface area (Å²) in [5, 5.41) is 7.69. The zero-order chi connectivity index (χ0) is 12.5. The molecule has 0 amide bonds. The smallest absolute Gasteiger partial charge is 0.221 e. The van der Waals surface area contributed by atoms with Crippen molar-refractivity contribution in [1.29, 1.82) is 0 Å². The van der Waals surface area contributed by atoms with E-state index in [2.05, 4.69) is 20.2 Å². The largest absolute Gasteiger partial charge is 0.497 e. The van der Waals surface area contributed by atoms with Crippen LogP contribution >= 0.6 is 0 Å². The Kier molecular flexibility index (Phi) is 2.33. The Labute approximate surface area is 103 Å². The van der Waals surface area contributed by atoms with Crippen LogP contribution in [0, 0.1) is 0 Å². The van der Waals surface area contributed by atoms with Crippen molar-refractivity contribution in [3.05, 3.63) is 30.5 Å². The summed E-state index contributed by atoms with van der Waals surface area (Å²) in [5.74, 6) is 0.955. The molecule has 3 aromatic rings. The number of anilines is 1. The first-order chi connectivity index (χ1) is 8.78. The van der Waals surface area contributed by atoms with E-state index < -0.39 is 0 Å². The first-order valence-corrected chi connectivity index (χ1v) is 5.39. The quantitative estimate of drug-likeness (QED) is 0.711. The minimum Gasteiger partial charge on any atom is -0.497 e. The first kappa shape index (κ1) is 10.5. The molecule has 0 unspecified atom stereocenters. The SMILES string of the molecule is COc1ccc2c(-c3ccn[nH]3)nc(N)nc2c1. The molecule has 0 saturated carbocycles. The van der Waals surface area contributed by atoms with Crippen molar-refractivity contribution >= 4 is 16.9 Å². The highest BCUT2D eigenvalue weighted by molar-refractivity contribution is 5.92. The number of aromatic nitrogens is 4. The number of ether oxygens (including phenoxy) is 1. The van der Waals surface area contributed by atoms with Crippen LogP contribution in [0.3, 0.4) is 0 Å². The van der Waals surface area contributed by atoms with E-state index in [4.69, 9.17) is 10.5 Å². The lowest BCUT2D eigenvalue weighted by Crippen LogP contribution is -1.98. The van der Waals surface area contributed by atoms with Crippen LogP contribution in [0.1, 0.15) is 0 Å². The zero-order valence-corrected chi connectivity index (χ0v) is 9.71. The van der Waals surface area contributed by atoms with Crippen LogP contribution in [0.15, 0.2) is 30.5 Å². The molecule has 3 N–H and O–H groups in total. The molecule has 90 valence electrons. The number of hydrogen-bond acceptors (Lipinski definition) is 5. The van der Waals surface area contributed by atoms with Crippen LogP contribution in [0.2, 0.25) is 0 Å². The number of nitrogens with two attached hydrogens (primary N) is 1. The van der Waals surface area contributed by atoms with E-state index in [0.717, 1.165) is 28.0 Å². The highest BCUT2D eigenvalue weighted by atomic mass is 16.5. The molecule has 6 heteroatoms. The average Bonchev–Trinajstić information content (AvgIpc) is 2.90. The summed E-state index contributed by atoms with van der Waals surface area (Å²) in [7, 11) is 1.61. The third kappa shape index (κ3) is 1.64. The molecule has 0 spiro atoms. The van der Waals surface area contributed by atoms with Gasteiger partial charge in [-0.15, -0.1) is 0 Å². The monoisotopic (exact) mass is 241 g/mol. The average molecular weight is 241 g/mol. The molecule has 3 rings (SSSR count). The van der Waals surface area contributed by atoms with Crippen LogP contribution in [-0.4, -0.2) is 27.3 Å². The Bertz CT molecular complexity index is 693. The minimum absolute atomic E-state index is 0.223. The number of aromatic amines is 1. The summed E-state index contributed by atoms with van der Waals surface area (Å²) in [6.45, 7) is 0. The summed E-state index contributed by atoms with van der Waals surface area (Å²) < 4.78 is 5.17. The van der Waals surface area contributed by atoms with Gasteiger partial charge in [0.2, 0.25) is 5.95 Å². The van der Waals surface area contributed by atoms with Gasteiger partial charge in [0.05, 0.1) is 18.3 Å². The Morgan fingerprint density at radius 2 is 2.11 bits per heavy atom. The predicted octanol–water partition coefficient (Wildman–Crippen LogP) is 1.61. The van der Waals surface area contributed by atoms with E-state index in [1.54, 1.807) is 13.3 Å². The number of H-pyrrole nitrogens is 1. The molecule has 0 atom stereocenters. The zero-order valence-electron chi connectivity index (χ0n) is 9.71. The second kappa shape index (κ2) is 3.99. The molecular formula is C12H11N5O. The second-order valence-electron chi connectivity index (χ2n) is 3.78. The third-order valence-electron chi connectivity index (χ3n) is 2.68. The van der Waals surface area contributed by atoms with Crippen molar-refractivity contribution in [2.75, 3.05) is 12.8 Å². The van der Waals surface area contributed by atoms with Crippen molar-refractivity contribution in [2.45, 2.75) is 0 Å². The van der Waals surface area contributed by atoms with Gasteiger partial charge in [-0.25, -0.2) is 9.97 Å². The van der Waals surface area contributed by atoms with Gasteiger partial charge >= 0.3 is 0 Å². The molecule has 2 aromatic heterocycles. The number of rotatable bonds is 2. The number of benzene rings is 1. The van der Waals surface area contributed by atoms with E-state index in [1.165, 1.54) is 0 Å². The van der Waals surface area contributed by atoms with Gasteiger partial charge in [0.25, 0.3) is 0 Å². The van der Waals surface area contributed by atoms with E-state index in [0.29, 0.717) is 0 Å². The third-order valence-corrected chi connectivity index (χ3v) is 2.68. The van der Waals surface area contributed by atoms with E-state index in [-0.39, 0.29) is 5.95 Å². The molecule has 0 bridgehead atoms. The predicted molar refractivity (Wildman–Crippen MR) is 68.1 cm³/mol. The minimum atomic E-state index is 0.223. The lowest BCUT2D eigenvalue weighted by molar-refractivity contribution is 0.415. The second-order valence-corrected chi connectivity index (χ2v) is 3.78. The fraction of sp³-hybridized carbons (Fsp3) is 0.0833. The van der Waals surface area contributed by atoms with Gasteiger partial charge in [-0.3, -0.25) is 5.10 Å². The Morgan fingerprint density at radius 3 is 2.83 bits per heavy atom. The molecule has 0 aliphatic carbocycles. The van der Waals surface area contributed by atoms with Crippen molar-refractivity contribution in [2.24, 2.45) is 0 Å². The summed E-state index contributed by atoms with van der Waals surface area (Å²) in [6.07, 6.45) is 1.67. The fourth-order valence-corrected chi connectivity index (χ4v) is 1.85. The Morgan fingerprint density at radius 1 is 1.22 bits per heavy atom. The molecule has 0 aliphatic heterocycles. The number of nitrogens with one attached hydrogen (secondary N) is 1. The number of nitrogens with zero attached hydrogens (tertiary/aromatic N) is 3. The van der Waals surface area contributed by atoms with Gasteiger partial charge in [-0.1, -0.05) is 0 Å².